The van der Waals surface area contributed by atoms with Crippen LogP contribution in [0.1, 0.15) is 22.6 Å². The van der Waals surface area contributed by atoms with Crippen LogP contribution in [-0.2, 0) is 16.6 Å². The lowest BCUT2D eigenvalue weighted by atomic mass is 10.2. The van der Waals surface area contributed by atoms with Crippen LogP contribution in [0.2, 0.25) is 0 Å². The molecule has 0 atom stereocenters. The van der Waals surface area contributed by atoms with Gasteiger partial charge in [0.1, 0.15) is 5.82 Å². The van der Waals surface area contributed by atoms with E-state index < -0.39 is 16.0 Å². The normalized spacial score (nSPS) is 11.9. The first-order chi connectivity index (χ1) is 9.78. The van der Waals surface area contributed by atoms with Crippen LogP contribution in [0.25, 0.3) is 11.0 Å². The van der Waals surface area contributed by atoms with Crippen LogP contribution in [0.15, 0.2) is 18.2 Å². The van der Waals surface area contributed by atoms with Crippen LogP contribution in [0.3, 0.4) is 0 Å². The second kappa shape index (κ2) is 5.82. The molecule has 1 heterocycles. The molecule has 0 saturated carbocycles. The maximum absolute atomic E-state index is 11.0. The van der Waals surface area contributed by atoms with E-state index in [2.05, 4.69) is 9.71 Å². The van der Waals surface area contributed by atoms with E-state index in [1.807, 2.05) is 11.5 Å². The van der Waals surface area contributed by atoms with Crippen molar-refractivity contribution in [2.24, 2.45) is 0 Å². The lowest BCUT2D eigenvalue weighted by molar-refractivity contribution is 0.0697. The number of aryl methyl sites for hydroxylation is 2. The van der Waals surface area contributed by atoms with E-state index in [1.165, 1.54) is 12.1 Å². The summed E-state index contributed by atoms with van der Waals surface area (Å²) in [6, 6.07) is 4.80. The third kappa shape index (κ3) is 3.79. The standard InChI is InChI=1S/C13H17N3O4S/c1-9-15-11-8-10(13(17)18)4-5-12(11)16(9)7-3-6-14-21(2,19)20/h4-5,8,14H,3,6-7H2,1-2H3,(H,17,18). The zero-order chi connectivity index (χ0) is 15.6. The average Bonchev–Trinajstić information content (AvgIpc) is 2.68. The predicted octanol–water partition coefficient (Wildman–Crippen LogP) is 0.982. The minimum Gasteiger partial charge on any atom is -0.478 e. The fourth-order valence-electron chi connectivity index (χ4n) is 2.16. The van der Waals surface area contributed by atoms with Crippen molar-refractivity contribution in [2.75, 3.05) is 12.8 Å². The molecule has 0 aliphatic rings. The number of hydrogen-bond acceptors (Lipinski definition) is 4. The summed E-state index contributed by atoms with van der Waals surface area (Å²) in [5.41, 5.74) is 1.67. The van der Waals surface area contributed by atoms with Crippen molar-refractivity contribution in [3.8, 4) is 0 Å². The topological polar surface area (TPSA) is 101 Å². The van der Waals surface area contributed by atoms with Crippen molar-refractivity contribution in [1.82, 2.24) is 14.3 Å². The second-order valence-corrected chi connectivity index (χ2v) is 6.67. The lowest BCUT2D eigenvalue weighted by Gasteiger charge is -2.07. The Bertz CT molecular complexity index is 780. The molecule has 114 valence electrons. The number of imidazole rings is 1. The number of carboxylic acid groups (broad SMARTS) is 1. The van der Waals surface area contributed by atoms with Gasteiger partial charge in [-0.25, -0.2) is 22.9 Å². The average molecular weight is 311 g/mol. The number of carbonyl (C=O) groups is 1. The van der Waals surface area contributed by atoms with Crippen LogP contribution in [0.5, 0.6) is 0 Å². The molecule has 21 heavy (non-hydrogen) atoms. The van der Waals surface area contributed by atoms with E-state index >= 15 is 0 Å². The Kier molecular flexibility index (Phi) is 4.29. The fraction of sp³-hybridized carbons (Fsp3) is 0.385. The number of nitrogens with zero attached hydrogens (tertiary/aromatic N) is 2. The molecule has 2 N–H and O–H groups in total. The van der Waals surface area contributed by atoms with Crippen molar-refractivity contribution in [3.63, 3.8) is 0 Å². The second-order valence-electron chi connectivity index (χ2n) is 4.84. The molecule has 2 aromatic rings. The number of hydrogen-bond donors (Lipinski definition) is 2. The van der Waals surface area contributed by atoms with Gasteiger partial charge in [0.05, 0.1) is 22.9 Å². The Morgan fingerprint density at radius 3 is 2.76 bits per heavy atom. The molecule has 0 saturated heterocycles. The van der Waals surface area contributed by atoms with Crippen LogP contribution >= 0.6 is 0 Å². The summed E-state index contributed by atoms with van der Waals surface area (Å²) in [5, 5.41) is 8.97. The van der Waals surface area contributed by atoms with Gasteiger partial charge in [-0.2, -0.15) is 0 Å². The third-order valence-electron chi connectivity index (χ3n) is 3.11. The van der Waals surface area contributed by atoms with Crippen molar-refractivity contribution in [3.05, 3.63) is 29.6 Å². The Hall–Kier alpha value is -1.93. The molecule has 7 nitrogen and oxygen atoms in total. The molecule has 0 aliphatic heterocycles. The Balaban J connectivity index is 2.16. The van der Waals surface area contributed by atoms with E-state index in [-0.39, 0.29) is 5.56 Å². The SMILES string of the molecule is Cc1nc2cc(C(=O)O)ccc2n1CCCNS(C)(=O)=O. The molecule has 1 aromatic heterocycles. The monoisotopic (exact) mass is 311 g/mol. The van der Waals surface area contributed by atoms with Crippen molar-refractivity contribution < 1.29 is 18.3 Å². The number of benzene rings is 1. The first-order valence-electron chi connectivity index (χ1n) is 6.43. The molecule has 0 amide bonds. The number of aromatic nitrogens is 2. The maximum Gasteiger partial charge on any atom is 0.335 e. The van der Waals surface area contributed by atoms with E-state index in [1.54, 1.807) is 6.07 Å². The predicted molar refractivity (Wildman–Crippen MR) is 78.9 cm³/mol. The number of rotatable bonds is 6. The van der Waals surface area contributed by atoms with Gasteiger partial charge in [-0.15, -0.1) is 0 Å². The van der Waals surface area contributed by atoms with E-state index in [9.17, 15) is 13.2 Å². The van der Waals surface area contributed by atoms with Gasteiger partial charge in [0.2, 0.25) is 10.0 Å². The van der Waals surface area contributed by atoms with Crippen molar-refractivity contribution in [2.45, 2.75) is 19.9 Å². The Labute approximate surface area is 122 Å². The van der Waals surface area contributed by atoms with E-state index in [0.717, 1.165) is 17.6 Å². The van der Waals surface area contributed by atoms with Crippen LogP contribution in [0.4, 0.5) is 0 Å². The number of fused-ring (bicyclic) bond motifs is 1. The Morgan fingerprint density at radius 1 is 1.43 bits per heavy atom. The molecule has 0 unspecified atom stereocenters. The van der Waals surface area contributed by atoms with Crippen LogP contribution in [-0.4, -0.2) is 41.8 Å². The summed E-state index contributed by atoms with van der Waals surface area (Å²) < 4.78 is 26.4. The maximum atomic E-state index is 11.0. The number of sulfonamides is 1. The summed E-state index contributed by atoms with van der Waals surface area (Å²) >= 11 is 0. The molecule has 2 rings (SSSR count). The summed E-state index contributed by atoms with van der Waals surface area (Å²) in [6.45, 7) is 2.80. The fourth-order valence-corrected chi connectivity index (χ4v) is 2.68. The smallest absolute Gasteiger partial charge is 0.335 e. The van der Waals surface area contributed by atoms with Crippen molar-refractivity contribution >= 4 is 27.0 Å². The summed E-state index contributed by atoms with van der Waals surface area (Å²) in [6.07, 6.45) is 1.75. The highest BCUT2D eigenvalue weighted by Crippen LogP contribution is 2.18. The van der Waals surface area contributed by atoms with Crippen molar-refractivity contribution in [1.29, 1.82) is 0 Å². The van der Waals surface area contributed by atoms with E-state index in [4.69, 9.17) is 5.11 Å². The summed E-state index contributed by atoms with van der Waals surface area (Å²) in [5.74, 6) is -0.214. The first kappa shape index (κ1) is 15.5. The molecular weight excluding hydrogens is 294 g/mol. The minimum absolute atomic E-state index is 0.200. The van der Waals surface area contributed by atoms with E-state index in [0.29, 0.717) is 25.0 Å². The molecule has 0 radical (unpaired) electrons. The molecule has 0 fully saturated rings. The molecule has 8 heteroatoms. The molecule has 1 aromatic carbocycles. The van der Waals surface area contributed by atoms with Gasteiger partial charge < -0.3 is 9.67 Å². The molecule has 0 spiro atoms. The largest absolute Gasteiger partial charge is 0.478 e. The summed E-state index contributed by atoms with van der Waals surface area (Å²) in [7, 11) is -3.17. The van der Waals surface area contributed by atoms with Gasteiger partial charge >= 0.3 is 5.97 Å². The van der Waals surface area contributed by atoms with Crippen LogP contribution < -0.4 is 4.72 Å². The van der Waals surface area contributed by atoms with Gasteiger partial charge in [0, 0.05) is 13.1 Å². The zero-order valence-corrected chi connectivity index (χ0v) is 12.6. The van der Waals surface area contributed by atoms with Gasteiger partial charge in [-0.1, -0.05) is 0 Å². The number of aromatic carboxylic acids is 1. The number of nitrogens with one attached hydrogen (secondary N) is 1. The van der Waals surface area contributed by atoms with Gasteiger partial charge in [-0.3, -0.25) is 0 Å². The highest BCUT2D eigenvalue weighted by molar-refractivity contribution is 7.88. The van der Waals surface area contributed by atoms with Gasteiger partial charge in [0.15, 0.2) is 0 Å². The highest BCUT2D eigenvalue weighted by atomic mass is 32.2. The zero-order valence-electron chi connectivity index (χ0n) is 11.8. The summed E-state index contributed by atoms with van der Waals surface area (Å²) in [4.78, 5) is 15.3. The molecule has 0 bridgehead atoms. The third-order valence-corrected chi connectivity index (χ3v) is 3.84. The molecule has 0 aliphatic carbocycles. The minimum atomic E-state index is -3.17. The highest BCUT2D eigenvalue weighted by Gasteiger charge is 2.10. The quantitative estimate of drug-likeness (QED) is 0.774. The van der Waals surface area contributed by atoms with Gasteiger partial charge in [0.25, 0.3) is 0 Å². The lowest BCUT2D eigenvalue weighted by Crippen LogP contribution is -2.23. The number of carboxylic acids is 1. The van der Waals surface area contributed by atoms with Gasteiger partial charge in [-0.05, 0) is 31.5 Å². The Morgan fingerprint density at radius 2 is 2.14 bits per heavy atom. The van der Waals surface area contributed by atoms with Crippen LogP contribution in [0, 0.1) is 6.92 Å². The molecular formula is C13H17N3O4S. The first-order valence-corrected chi connectivity index (χ1v) is 8.32.